The van der Waals surface area contributed by atoms with E-state index in [2.05, 4.69) is 37.6 Å². The van der Waals surface area contributed by atoms with Crippen molar-refractivity contribution in [1.82, 2.24) is 4.57 Å². The number of thiazole rings is 1. The van der Waals surface area contributed by atoms with Crippen molar-refractivity contribution in [2.24, 2.45) is 4.99 Å². The van der Waals surface area contributed by atoms with Crippen molar-refractivity contribution < 1.29 is 4.79 Å². The summed E-state index contributed by atoms with van der Waals surface area (Å²) >= 11 is 13.6. The first kappa shape index (κ1) is 17.9. The third-order valence-corrected chi connectivity index (χ3v) is 5.58. The largest absolute Gasteiger partial charge is 0.312 e. The van der Waals surface area contributed by atoms with E-state index in [9.17, 15) is 4.79 Å². The standard InChI is InChI=1S/C19H16Cl2N2OS/c1-4-7-23-16-9-11(2)8-12(3)17(16)25-19(23)22-18(24)14-10-13(20)5-6-15(14)21/h4-6,8-10H,1,7H2,2-3H3. The Hall–Kier alpha value is -1.88. The average molecular weight is 391 g/mol. The maximum absolute atomic E-state index is 12.6. The van der Waals surface area contributed by atoms with Crippen LogP contribution in [0.5, 0.6) is 0 Å². The second kappa shape index (κ2) is 7.16. The molecular formula is C19H16Cl2N2OS. The fourth-order valence-corrected chi connectivity index (χ4v) is 4.17. The number of amides is 1. The van der Waals surface area contributed by atoms with E-state index >= 15 is 0 Å². The van der Waals surface area contributed by atoms with Crippen molar-refractivity contribution in [3.8, 4) is 0 Å². The molecule has 3 rings (SSSR count). The van der Waals surface area contributed by atoms with Gasteiger partial charge in [0.15, 0.2) is 4.80 Å². The molecule has 0 atom stereocenters. The van der Waals surface area contributed by atoms with Crippen LogP contribution in [-0.2, 0) is 6.54 Å². The fraction of sp³-hybridized carbons (Fsp3) is 0.158. The number of aryl methyl sites for hydroxylation is 2. The van der Waals surface area contributed by atoms with Crippen LogP contribution < -0.4 is 4.80 Å². The van der Waals surface area contributed by atoms with E-state index in [4.69, 9.17) is 23.2 Å². The number of carbonyl (C=O) groups is 1. The molecule has 0 saturated heterocycles. The minimum absolute atomic E-state index is 0.296. The number of hydrogen-bond donors (Lipinski definition) is 0. The van der Waals surface area contributed by atoms with Gasteiger partial charge in [-0.25, -0.2) is 0 Å². The number of hydrogen-bond acceptors (Lipinski definition) is 2. The Labute approximate surface area is 159 Å². The van der Waals surface area contributed by atoms with Gasteiger partial charge in [0.25, 0.3) is 5.91 Å². The Kier molecular flexibility index (Phi) is 5.13. The Balaban J connectivity index is 2.23. The molecule has 0 spiro atoms. The number of nitrogens with zero attached hydrogens (tertiary/aromatic N) is 2. The summed E-state index contributed by atoms with van der Waals surface area (Å²) in [4.78, 5) is 17.6. The summed E-state index contributed by atoms with van der Waals surface area (Å²) in [5.41, 5.74) is 3.67. The molecule has 1 heterocycles. The van der Waals surface area contributed by atoms with Crippen LogP contribution in [0.3, 0.4) is 0 Å². The van der Waals surface area contributed by atoms with E-state index in [1.807, 2.05) is 4.57 Å². The normalized spacial score (nSPS) is 11.9. The summed E-state index contributed by atoms with van der Waals surface area (Å²) in [5.74, 6) is -0.411. The third kappa shape index (κ3) is 3.56. The van der Waals surface area contributed by atoms with Crippen molar-refractivity contribution in [3.63, 3.8) is 0 Å². The minimum Gasteiger partial charge on any atom is -0.312 e. The molecule has 0 radical (unpaired) electrons. The third-order valence-electron chi connectivity index (χ3n) is 3.78. The maximum atomic E-state index is 12.6. The average Bonchev–Trinajstić information content (AvgIpc) is 2.88. The fourth-order valence-electron chi connectivity index (χ4n) is 2.71. The van der Waals surface area contributed by atoms with Crippen LogP contribution in [0, 0.1) is 13.8 Å². The number of fused-ring (bicyclic) bond motifs is 1. The van der Waals surface area contributed by atoms with Gasteiger partial charge in [-0.05, 0) is 49.2 Å². The lowest BCUT2D eigenvalue weighted by atomic mass is 10.1. The van der Waals surface area contributed by atoms with Crippen LogP contribution >= 0.6 is 34.5 Å². The lowest BCUT2D eigenvalue weighted by Gasteiger charge is -2.04. The molecule has 6 heteroatoms. The summed E-state index contributed by atoms with van der Waals surface area (Å²) in [6.45, 7) is 8.49. The van der Waals surface area contributed by atoms with E-state index < -0.39 is 5.91 Å². The topological polar surface area (TPSA) is 34.4 Å². The zero-order chi connectivity index (χ0) is 18.1. The summed E-state index contributed by atoms with van der Waals surface area (Å²) in [6, 6.07) is 9.00. The van der Waals surface area contributed by atoms with Gasteiger partial charge in [0, 0.05) is 11.6 Å². The number of aromatic nitrogens is 1. The van der Waals surface area contributed by atoms with Crippen molar-refractivity contribution in [3.05, 3.63) is 74.5 Å². The van der Waals surface area contributed by atoms with Gasteiger partial charge in [-0.1, -0.05) is 46.7 Å². The van der Waals surface area contributed by atoms with Gasteiger partial charge in [-0.3, -0.25) is 4.79 Å². The molecule has 0 fully saturated rings. The molecule has 1 aromatic heterocycles. The van der Waals surface area contributed by atoms with Crippen molar-refractivity contribution in [1.29, 1.82) is 0 Å². The van der Waals surface area contributed by atoms with Gasteiger partial charge in [0.1, 0.15) is 0 Å². The molecule has 128 valence electrons. The molecule has 2 aromatic carbocycles. The second-order valence-electron chi connectivity index (χ2n) is 5.76. The zero-order valence-electron chi connectivity index (χ0n) is 13.8. The van der Waals surface area contributed by atoms with Crippen LogP contribution in [0.4, 0.5) is 0 Å². The van der Waals surface area contributed by atoms with E-state index in [1.54, 1.807) is 18.2 Å². The molecule has 0 saturated carbocycles. The van der Waals surface area contributed by atoms with Gasteiger partial charge in [-0.2, -0.15) is 4.99 Å². The van der Waals surface area contributed by atoms with E-state index in [-0.39, 0.29) is 0 Å². The molecular weight excluding hydrogens is 375 g/mol. The zero-order valence-corrected chi connectivity index (χ0v) is 16.2. The Morgan fingerprint density at radius 2 is 2.04 bits per heavy atom. The first-order chi connectivity index (χ1) is 11.9. The second-order valence-corrected chi connectivity index (χ2v) is 7.58. The smallest absolute Gasteiger partial charge is 0.281 e. The highest BCUT2D eigenvalue weighted by Crippen LogP contribution is 2.24. The molecule has 0 aliphatic heterocycles. The highest BCUT2D eigenvalue weighted by molar-refractivity contribution is 7.16. The van der Waals surface area contributed by atoms with Gasteiger partial charge in [0.05, 0.1) is 20.8 Å². The molecule has 0 aliphatic carbocycles. The van der Waals surface area contributed by atoms with Crippen LogP contribution in [0.2, 0.25) is 10.0 Å². The summed E-state index contributed by atoms with van der Waals surface area (Å²) in [6.07, 6.45) is 1.79. The number of rotatable bonds is 3. The van der Waals surface area contributed by atoms with Crippen molar-refractivity contribution in [2.75, 3.05) is 0 Å². The van der Waals surface area contributed by atoms with E-state index in [0.717, 1.165) is 21.3 Å². The van der Waals surface area contributed by atoms with Crippen molar-refractivity contribution in [2.45, 2.75) is 20.4 Å². The van der Waals surface area contributed by atoms with E-state index in [1.165, 1.54) is 17.4 Å². The predicted octanol–water partition coefficient (Wildman–Crippen LogP) is 5.55. The summed E-state index contributed by atoms with van der Waals surface area (Å²) in [5, 5.41) is 0.784. The first-order valence-corrected chi connectivity index (χ1v) is 9.23. The van der Waals surface area contributed by atoms with Crippen LogP contribution in [0.25, 0.3) is 10.2 Å². The van der Waals surface area contributed by atoms with Gasteiger partial charge >= 0.3 is 0 Å². The van der Waals surface area contributed by atoms with Gasteiger partial charge < -0.3 is 4.57 Å². The summed E-state index contributed by atoms with van der Waals surface area (Å²) in [7, 11) is 0. The minimum atomic E-state index is -0.411. The molecule has 0 aliphatic rings. The quantitative estimate of drug-likeness (QED) is 0.539. The number of carbonyl (C=O) groups excluding carboxylic acids is 1. The van der Waals surface area contributed by atoms with Crippen LogP contribution in [0.1, 0.15) is 21.5 Å². The highest BCUT2D eigenvalue weighted by Gasteiger charge is 2.13. The molecule has 0 N–H and O–H groups in total. The lowest BCUT2D eigenvalue weighted by molar-refractivity contribution is 0.0998. The Bertz CT molecular complexity index is 1060. The lowest BCUT2D eigenvalue weighted by Crippen LogP contribution is -2.16. The van der Waals surface area contributed by atoms with E-state index in [0.29, 0.717) is 27.0 Å². The van der Waals surface area contributed by atoms with Crippen LogP contribution in [0.15, 0.2) is 48.0 Å². The Morgan fingerprint density at radius 1 is 1.28 bits per heavy atom. The molecule has 1 amide bonds. The molecule has 0 bridgehead atoms. The monoisotopic (exact) mass is 390 g/mol. The summed E-state index contributed by atoms with van der Waals surface area (Å²) < 4.78 is 3.10. The SMILES string of the molecule is C=CCn1c(=NC(=O)c2cc(Cl)ccc2Cl)sc2c(C)cc(C)cc21. The number of halogens is 2. The number of benzene rings is 2. The molecule has 3 aromatic rings. The van der Waals surface area contributed by atoms with Crippen molar-refractivity contribution >= 4 is 50.7 Å². The molecule has 3 nitrogen and oxygen atoms in total. The molecule has 0 unspecified atom stereocenters. The maximum Gasteiger partial charge on any atom is 0.281 e. The Morgan fingerprint density at radius 3 is 2.76 bits per heavy atom. The number of allylic oxidation sites excluding steroid dienone is 1. The van der Waals surface area contributed by atoms with Gasteiger partial charge in [-0.15, -0.1) is 6.58 Å². The highest BCUT2D eigenvalue weighted by atomic mass is 35.5. The predicted molar refractivity (Wildman–Crippen MR) is 106 cm³/mol. The molecule has 25 heavy (non-hydrogen) atoms. The van der Waals surface area contributed by atoms with Gasteiger partial charge in [0.2, 0.25) is 0 Å². The first-order valence-electron chi connectivity index (χ1n) is 7.66. The van der Waals surface area contributed by atoms with Crippen LogP contribution in [-0.4, -0.2) is 10.5 Å².